The van der Waals surface area contributed by atoms with Gasteiger partial charge in [-0.3, -0.25) is 4.79 Å². The number of hydrogen-bond acceptors (Lipinski definition) is 3. The maximum atomic E-state index is 11.3. The van der Waals surface area contributed by atoms with Gasteiger partial charge in [-0.05, 0) is 40.6 Å². The molecule has 1 N–H and O–H groups in total. The zero-order valence-electron chi connectivity index (χ0n) is 12.4. The van der Waals surface area contributed by atoms with Crippen molar-refractivity contribution in [1.82, 2.24) is 0 Å². The lowest BCUT2D eigenvalue weighted by atomic mass is 10.00. The Morgan fingerprint density at radius 3 is 1.74 bits per heavy atom. The number of ketones is 1. The Hall–Kier alpha value is -2.72. The zero-order chi connectivity index (χ0) is 16.4. The minimum atomic E-state index is -0.900. The normalized spacial score (nSPS) is 10.5. The molecule has 0 amide bonds. The van der Waals surface area contributed by atoms with Gasteiger partial charge in [-0.15, -0.1) is 11.3 Å². The third kappa shape index (κ3) is 3.22. The minimum Gasteiger partial charge on any atom is -0.477 e. The quantitative estimate of drug-likeness (QED) is 0.689. The number of carboxylic acids is 1. The molecule has 2 aromatic carbocycles. The number of rotatable bonds is 4. The average molecular weight is 322 g/mol. The number of carbonyl (C=O) groups excluding carboxylic acids is 1. The van der Waals surface area contributed by atoms with Crippen LogP contribution in [0.15, 0.2) is 60.0 Å². The molecule has 0 aliphatic rings. The van der Waals surface area contributed by atoms with Crippen molar-refractivity contribution in [1.29, 1.82) is 0 Å². The molecule has 23 heavy (non-hydrogen) atoms. The van der Waals surface area contributed by atoms with Gasteiger partial charge in [0.2, 0.25) is 0 Å². The van der Waals surface area contributed by atoms with Gasteiger partial charge in [0.1, 0.15) is 4.88 Å². The van der Waals surface area contributed by atoms with Crippen molar-refractivity contribution in [2.75, 3.05) is 0 Å². The Balaban J connectivity index is 1.86. The molecule has 0 aliphatic carbocycles. The molecule has 3 aromatic rings. The summed E-state index contributed by atoms with van der Waals surface area (Å²) in [5, 5.41) is 10.8. The highest BCUT2D eigenvalue weighted by Gasteiger charge is 2.08. The van der Waals surface area contributed by atoms with Crippen LogP contribution < -0.4 is 0 Å². The molecule has 0 atom stereocenters. The molecule has 0 spiro atoms. The van der Waals surface area contributed by atoms with E-state index < -0.39 is 5.97 Å². The molecule has 0 saturated carbocycles. The SMILES string of the molecule is CC(=O)c1ccc(-c2ccc(-c3csc(C(=O)O)c3)cc2)cc1. The van der Waals surface area contributed by atoms with Crippen molar-refractivity contribution >= 4 is 23.1 Å². The predicted molar refractivity (Wildman–Crippen MR) is 92.2 cm³/mol. The Morgan fingerprint density at radius 2 is 1.30 bits per heavy atom. The van der Waals surface area contributed by atoms with Crippen molar-refractivity contribution in [2.24, 2.45) is 0 Å². The van der Waals surface area contributed by atoms with Crippen LogP contribution in [0.3, 0.4) is 0 Å². The standard InChI is InChI=1S/C19H14O3S/c1-12(20)13-2-4-14(5-3-13)15-6-8-16(9-7-15)17-10-18(19(21)22)23-11-17/h2-11H,1H3,(H,21,22). The highest BCUT2D eigenvalue weighted by Crippen LogP contribution is 2.28. The molecule has 0 fully saturated rings. The Morgan fingerprint density at radius 1 is 0.826 bits per heavy atom. The van der Waals surface area contributed by atoms with E-state index >= 15 is 0 Å². The summed E-state index contributed by atoms with van der Waals surface area (Å²) < 4.78 is 0. The molecule has 3 nitrogen and oxygen atoms in total. The van der Waals surface area contributed by atoms with Crippen LogP contribution in [0.2, 0.25) is 0 Å². The van der Waals surface area contributed by atoms with E-state index in [1.54, 1.807) is 13.0 Å². The topological polar surface area (TPSA) is 54.4 Å². The van der Waals surface area contributed by atoms with Crippen molar-refractivity contribution in [3.63, 3.8) is 0 Å². The molecular weight excluding hydrogens is 308 g/mol. The van der Waals surface area contributed by atoms with Crippen LogP contribution >= 0.6 is 11.3 Å². The van der Waals surface area contributed by atoms with Gasteiger partial charge >= 0.3 is 5.97 Å². The van der Waals surface area contributed by atoms with E-state index in [-0.39, 0.29) is 5.78 Å². The first-order chi connectivity index (χ1) is 11.0. The summed E-state index contributed by atoms with van der Waals surface area (Å²) in [6, 6.07) is 17.1. The number of aromatic carboxylic acids is 1. The smallest absolute Gasteiger partial charge is 0.345 e. The highest BCUT2D eigenvalue weighted by atomic mass is 32.1. The summed E-state index contributed by atoms with van der Waals surface area (Å²) in [5.74, 6) is -0.845. The van der Waals surface area contributed by atoms with Gasteiger partial charge in [0.25, 0.3) is 0 Å². The summed E-state index contributed by atoms with van der Waals surface area (Å²) in [6.07, 6.45) is 0. The molecule has 0 radical (unpaired) electrons. The highest BCUT2D eigenvalue weighted by molar-refractivity contribution is 7.12. The third-order valence-electron chi connectivity index (χ3n) is 3.65. The first kappa shape index (κ1) is 15.2. The molecule has 3 rings (SSSR count). The Kier molecular flexibility index (Phi) is 4.08. The Bertz CT molecular complexity index is 858. The fraction of sp³-hybridized carbons (Fsp3) is 0.0526. The van der Waals surface area contributed by atoms with E-state index in [1.807, 2.05) is 53.9 Å². The lowest BCUT2D eigenvalue weighted by Crippen LogP contribution is -1.90. The number of carboxylic acid groups (broad SMARTS) is 1. The first-order valence-corrected chi connectivity index (χ1v) is 7.96. The second-order valence-corrected chi connectivity index (χ2v) is 6.13. The van der Waals surface area contributed by atoms with Crippen LogP contribution in [0.1, 0.15) is 27.0 Å². The first-order valence-electron chi connectivity index (χ1n) is 7.08. The lowest BCUT2D eigenvalue weighted by Gasteiger charge is -2.04. The van der Waals surface area contributed by atoms with E-state index in [4.69, 9.17) is 5.11 Å². The number of Topliss-reactive ketones (excluding diaryl/α,β-unsaturated/α-hetero) is 1. The molecule has 1 heterocycles. The second kappa shape index (κ2) is 6.18. The van der Waals surface area contributed by atoms with Gasteiger partial charge in [-0.1, -0.05) is 48.5 Å². The fourth-order valence-electron chi connectivity index (χ4n) is 2.35. The molecule has 114 valence electrons. The zero-order valence-corrected chi connectivity index (χ0v) is 13.3. The number of carbonyl (C=O) groups is 2. The maximum Gasteiger partial charge on any atom is 0.345 e. The van der Waals surface area contributed by atoms with Crippen LogP contribution in [0.5, 0.6) is 0 Å². The number of thiophene rings is 1. The predicted octanol–water partition coefficient (Wildman–Crippen LogP) is 4.98. The van der Waals surface area contributed by atoms with E-state index in [1.165, 1.54) is 11.3 Å². The van der Waals surface area contributed by atoms with Gasteiger partial charge in [0.05, 0.1) is 0 Å². The number of benzene rings is 2. The fourth-order valence-corrected chi connectivity index (χ4v) is 3.11. The van der Waals surface area contributed by atoms with E-state index in [2.05, 4.69) is 0 Å². The summed E-state index contributed by atoms with van der Waals surface area (Å²) >= 11 is 1.23. The van der Waals surface area contributed by atoms with Gasteiger partial charge in [-0.2, -0.15) is 0 Å². The number of hydrogen-bond donors (Lipinski definition) is 1. The van der Waals surface area contributed by atoms with Crippen LogP contribution in [-0.2, 0) is 0 Å². The summed E-state index contributed by atoms with van der Waals surface area (Å²) in [5.41, 5.74) is 4.68. The molecule has 0 aliphatic heterocycles. The lowest BCUT2D eigenvalue weighted by molar-refractivity contribution is 0.0702. The van der Waals surface area contributed by atoms with E-state index in [0.29, 0.717) is 10.4 Å². The van der Waals surface area contributed by atoms with Crippen molar-refractivity contribution in [2.45, 2.75) is 6.92 Å². The van der Waals surface area contributed by atoms with Crippen LogP contribution in [-0.4, -0.2) is 16.9 Å². The van der Waals surface area contributed by atoms with Gasteiger partial charge < -0.3 is 5.11 Å². The third-order valence-corrected chi connectivity index (χ3v) is 4.57. The largest absolute Gasteiger partial charge is 0.477 e. The van der Waals surface area contributed by atoms with Crippen LogP contribution in [0.25, 0.3) is 22.3 Å². The summed E-state index contributed by atoms with van der Waals surface area (Å²) in [6.45, 7) is 1.55. The Labute approximate surface area is 137 Å². The monoisotopic (exact) mass is 322 g/mol. The molecule has 4 heteroatoms. The van der Waals surface area contributed by atoms with Crippen molar-refractivity contribution < 1.29 is 14.7 Å². The van der Waals surface area contributed by atoms with E-state index in [9.17, 15) is 9.59 Å². The van der Waals surface area contributed by atoms with Crippen molar-refractivity contribution in [3.05, 3.63) is 70.4 Å². The molecule has 0 unspecified atom stereocenters. The maximum absolute atomic E-state index is 11.3. The molecule has 0 bridgehead atoms. The minimum absolute atomic E-state index is 0.0543. The van der Waals surface area contributed by atoms with E-state index in [0.717, 1.165) is 22.3 Å². The van der Waals surface area contributed by atoms with Crippen LogP contribution in [0.4, 0.5) is 0 Å². The van der Waals surface area contributed by atoms with Crippen molar-refractivity contribution in [3.8, 4) is 22.3 Å². The average Bonchev–Trinajstić information content (AvgIpc) is 3.05. The second-order valence-electron chi connectivity index (χ2n) is 5.22. The molecule has 1 aromatic heterocycles. The van der Waals surface area contributed by atoms with Gasteiger partial charge in [-0.25, -0.2) is 4.79 Å². The van der Waals surface area contributed by atoms with Crippen LogP contribution in [0, 0.1) is 0 Å². The van der Waals surface area contributed by atoms with Gasteiger partial charge in [0.15, 0.2) is 5.78 Å². The molecule has 0 saturated heterocycles. The molecular formula is C19H14O3S. The summed E-state index contributed by atoms with van der Waals surface area (Å²) in [4.78, 5) is 22.6. The summed E-state index contributed by atoms with van der Waals surface area (Å²) in [7, 11) is 0. The van der Waals surface area contributed by atoms with Gasteiger partial charge in [0, 0.05) is 5.56 Å².